The number of methoxy groups -OCH3 is 1. The Labute approximate surface area is 108 Å². The van der Waals surface area contributed by atoms with Gasteiger partial charge in [-0.3, -0.25) is 0 Å². The predicted octanol–water partition coefficient (Wildman–Crippen LogP) is -0.196. The zero-order chi connectivity index (χ0) is 13.6. The van der Waals surface area contributed by atoms with Crippen molar-refractivity contribution in [1.82, 2.24) is 9.80 Å². The van der Waals surface area contributed by atoms with E-state index in [4.69, 9.17) is 4.74 Å². The van der Waals surface area contributed by atoms with E-state index in [-0.39, 0.29) is 17.7 Å². The number of hydrogen-bond donors (Lipinski definition) is 0. The lowest BCUT2D eigenvalue weighted by Crippen LogP contribution is -2.69. The van der Waals surface area contributed by atoms with Crippen LogP contribution in [0.2, 0.25) is 0 Å². The maximum Gasteiger partial charge on any atom is 0.319 e. The smallest absolute Gasteiger partial charge is 0.319 e. The van der Waals surface area contributed by atoms with Crippen LogP contribution in [0.25, 0.3) is 0 Å². The van der Waals surface area contributed by atoms with Crippen molar-refractivity contribution in [2.75, 3.05) is 46.7 Å². The molecule has 0 aromatic carbocycles. The molecule has 2 aliphatic heterocycles. The number of ether oxygens (including phenoxy) is 1. The first-order valence-electron chi connectivity index (χ1n) is 6.01. The van der Waals surface area contributed by atoms with E-state index in [1.165, 1.54) is 4.90 Å². The Balaban J connectivity index is 2.14. The summed E-state index contributed by atoms with van der Waals surface area (Å²) in [5.41, 5.74) is 0. The largest absolute Gasteiger partial charge is 0.384 e. The highest BCUT2D eigenvalue weighted by Crippen LogP contribution is 2.44. The van der Waals surface area contributed by atoms with E-state index < -0.39 is 14.6 Å². The van der Waals surface area contributed by atoms with Crippen LogP contribution >= 0.6 is 0 Å². The zero-order valence-electron chi connectivity index (χ0n) is 11.0. The van der Waals surface area contributed by atoms with Crippen molar-refractivity contribution >= 4 is 15.9 Å². The van der Waals surface area contributed by atoms with Gasteiger partial charge in [-0.15, -0.1) is 0 Å². The number of likely N-dealkylation sites (tertiary alicyclic amines) is 1. The highest BCUT2D eigenvalue weighted by molar-refractivity contribution is 7.93. The Morgan fingerprint density at radius 1 is 1.44 bits per heavy atom. The molecule has 0 aliphatic carbocycles. The van der Waals surface area contributed by atoms with E-state index in [0.29, 0.717) is 26.1 Å². The van der Waals surface area contributed by atoms with Gasteiger partial charge in [0.1, 0.15) is 4.75 Å². The van der Waals surface area contributed by atoms with Gasteiger partial charge in [0.15, 0.2) is 9.84 Å². The molecular weight excluding hydrogens is 256 g/mol. The highest BCUT2D eigenvalue weighted by atomic mass is 32.2. The lowest BCUT2D eigenvalue weighted by atomic mass is 9.84. The molecule has 2 aliphatic rings. The van der Waals surface area contributed by atoms with Gasteiger partial charge in [-0.25, -0.2) is 13.2 Å². The molecule has 0 saturated carbocycles. The Morgan fingerprint density at radius 2 is 2.06 bits per heavy atom. The fourth-order valence-corrected chi connectivity index (χ4v) is 5.33. The van der Waals surface area contributed by atoms with Gasteiger partial charge in [0.2, 0.25) is 0 Å². The summed E-state index contributed by atoms with van der Waals surface area (Å²) in [4.78, 5) is 14.8. The first-order valence-corrected chi connectivity index (χ1v) is 7.67. The minimum absolute atomic E-state index is 0.0127. The van der Waals surface area contributed by atoms with Crippen molar-refractivity contribution in [2.24, 2.45) is 5.92 Å². The second kappa shape index (κ2) is 4.38. The maximum atomic E-state index is 12.2. The Morgan fingerprint density at radius 3 is 2.56 bits per heavy atom. The topological polar surface area (TPSA) is 66.9 Å². The lowest BCUT2D eigenvalue weighted by molar-refractivity contribution is 0.0561. The average molecular weight is 276 g/mol. The number of amides is 2. The highest BCUT2D eigenvalue weighted by Gasteiger charge is 2.62. The number of sulfone groups is 1. The van der Waals surface area contributed by atoms with Crippen molar-refractivity contribution in [3.8, 4) is 0 Å². The summed E-state index contributed by atoms with van der Waals surface area (Å²) in [7, 11) is 1.82. The quantitative estimate of drug-likeness (QED) is 0.701. The van der Waals surface area contributed by atoms with Crippen molar-refractivity contribution in [1.29, 1.82) is 0 Å². The summed E-state index contributed by atoms with van der Waals surface area (Å²) in [5.74, 6) is 0.226. The number of urea groups is 1. The Hall–Kier alpha value is -0.820. The minimum atomic E-state index is -3.11. The first-order chi connectivity index (χ1) is 8.34. The molecule has 1 atom stereocenters. The molecule has 0 bridgehead atoms. The molecular formula is C11H20N2O4S. The van der Waals surface area contributed by atoms with E-state index in [2.05, 4.69) is 0 Å². The van der Waals surface area contributed by atoms with Gasteiger partial charge >= 0.3 is 6.03 Å². The maximum absolute atomic E-state index is 12.2. The monoisotopic (exact) mass is 276 g/mol. The van der Waals surface area contributed by atoms with Crippen LogP contribution in [0, 0.1) is 5.92 Å². The second-order valence-electron chi connectivity index (χ2n) is 5.36. The van der Waals surface area contributed by atoms with Gasteiger partial charge in [0, 0.05) is 40.2 Å². The molecule has 18 heavy (non-hydrogen) atoms. The predicted molar refractivity (Wildman–Crippen MR) is 67.2 cm³/mol. The number of rotatable bonds is 2. The number of carbonyl (C=O) groups excluding carboxylic acids is 1. The molecule has 2 fully saturated rings. The number of hydrogen-bond acceptors (Lipinski definition) is 4. The molecule has 0 radical (unpaired) electrons. The molecule has 0 aromatic heterocycles. The first kappa shape index (κ1) is 13.6. The van der Waals surface area contributed by atoms with Gasteiger partial charge < -0.3 is 14.5 Å². The summed E-state index contributed by atoms with van der Waals surface area (Å²) >= 11 is 0. The van der Waals surface area contributed by atoms with E-state index in [9.17, 15) is 13.2 Å². The number of nitrogens with zero attached hydrogens (tertiary/aromatic N) is 2. The Bertz CT molecular complexity index is 440. The summed E-state index contributed by atoms with van der Waals surface area (Å²) in [5, 5.41) is 0. The van der Waals surface area contributed by atoms with Gasteiger partial charge in [0.25, 0.3) is 0 Å². The third-order valence-electron chi connectivity index (χ3n) is 4.04. The molecule has 6 nitrogen and oxygen atoms in total. The molecule has 1 spiro atoms. The summed E-state index contributed by atoms with van der Waals surface area (Å²) in [6, 6.07) is -0.126. The van der Waals surface area contributed by atoms with Gasteiger partial charge in [-0.2, -0.15) is 0 Å². The molecule has 2 saturated heterocycles. The number of carbonyl (C=O) groups is 1. The van der Waals surface area contributed by atoms with Crippen LogP contribution in [0.15, 0.2) is 0 Å². The summed E-state index contributed by atoms with van der Waals surface area (Å²) in [6.45, 7) is 1.06. The molecule has 2 rings (SSSR count). The van der Waals surface area contributed by atoms with E-state index in [1.807, 2.05) is 0 Å². The molecule has 104 valence electrons. The molecule has 2 amide bonds. The van der Waals surface area contributed by atoms with Crippen LogP contribution in [-0.4, -0.2) is 75.7 Å². The van der Waals surface area contributed by atoms with Crippen molar-refractivity contribution in [2.45, 2.75) is 11.2 Å². The van der Waals surface area contributed by atoms with Crippen LogP contribution in [-0.2, 0) is 14.6 Å². The third-order valence-corrected chi connectivity index (χ3v) is 6.64. The standard InChI is InChI=1S/C11H20N2O4S/c1-12(2)10(14)13-7-11(8-13)9(6-17-3)4-5-18(11,15)16/h9H,4-8H2,1-3H3. The SMILES string of the molecule is COCC1CCS(=O)(=O)C12CN(C(=O)N(C)C)C2. The second-order valence-corrected chi connectivity index (χ2v) is 7.81. The van der Waals surface area contributed by atoms with Gasteiger partial charge in [-0.1, -0.05) is 0 Å². The average Bonchev–Trinajstić information content (AvgIpc) is 2.48. The third kappa shape index (κ3) is 1.80. The van der Waals surface area contributed by atoms with Crippen LogP contribution in [0.1, 0.15) is 6.42 Å². The lowest BCUT2D eigenvalue weighted by Gasteiger charge is -2.50. The minimum Gasteiger partial charge on any atom is -0.384 e. The summed E-state index contributed by atoms with van der Waals surface area (Å²) < 4.78 is 28.7. The molecule has 0 aromatic rings. The molecule has 2 heterocycles. The van der Waals surface area contributed by atoms with E-state index >= 15 is 0 Å². The van der Waals surface area contributed by atoms with Crippen LogP contribution < -0.4 is 0 Å². The summed E-state index contributed by atoms with van der Waals surface area (Å²) in [6.07, 6.45) is 0.639. The van der Waals surface area contributed by atoms with Crippen LogP contribution in [0.5, 0.6) is 0 Å². The van der Waals surface area contributed by atoms with Crippen molar-refractivity contribution in [3.63, 3.8) is 0 Å². The molecule has 1 unspecified atom stereocenters. The van der Waals surface area contributed by atoms with Gasteiger partial charge in [-0.05, 0) is 6.42 Å². The molecule has 7 heteroatoms. The van der Waals surface area contributed by atoms with E-state index in [1.54, 1.807) is 26.1 Å². The van der Waals surface area contributed by atoms with E-state index in [0.717, 1.165) is 0 Å². The zero-order valence-corrected chi connectivity index (χ0v) is 11.9. The fraction of sp³-hybridized carbons (Fsp3) is 0.909. The van der Waals surface area contributed by atoms with Crippen LogP contribution in [0.3, 0.4) is 0 Å². The van der Waals surface area contributed by atoms with Crippen molar-refractivity contribution in [3.05, 3.63) is 0 Å². The normalized spacial score (nSPS) is 28.2. The molecule has 0 N–H and O–H groups in total. The van der Waals surface area contributed by atoms with Gasteiger partial charge in [0.05, 0.1) is 12.4 Å². The van der Waals surface area contributed by atoms with Crippen molar-refractivity contribution < 1.29 is 17.9 Å². The Kier molecular flexibility index (Phi) is 3.31. The fourth-order valence-electron chi connectivity index (χ4n) is 2.93. The van der Waals surface area contributed by atoms with Crippen LogP contribution in [0.4, 0.5) is 4.79 Å².